The second-order valence-corrected chi connectivity index (χ2v) is 38.1. The minimum Gasteiger partial charge on any atom is -0.497 e. The van der Waals surface area contributed by atoms with E-state index in [1.807, 2.05) is 85.2 Å². The predicted octanol–water partition coefficient (Wildman–Crippen LogP) is 20.0. The number of methoxy groups -OCH3 is 1. The van der Waals surface area contributed by atoms with E-state index in [1.54, 1.807) is 78.9 Å². The molecule has 2 saturated heterocycles. The van der Waals surface area contributed by atoms with Crippen LogP contribution in [0, 0.1) is 31.1 Å². The van der Waals surface area contributed by atoms with Gasteiger partial charge in [-0.3, -0.25) is 39.6 Å². The number of amides is 2. The van der Waals surface area contributed by atoms with E-state index in [0.717, 1.165) is 165 Å². The van der Waals surface area contributed by atoms with Gasteiger partial charge in [-0.15, -0.1) is 0 Å². The summed E-state index contributed by atoms with van der Waals surface area (Å²) in [7, 11) is -7.64. The number of benzene rings is 10. The largest absolute Gasteiger partial charge is 0.497 e. The third-order valence-electron chi connectivity index (χ3n) is 23.9. The Morgan fingerprint density at radius 2 is 0.961 bits per heavy atom. The van der Waals surface area contributed by atoms with Gasteiger partial charge in [0.2, 0.25) is 6.79 Å². The molecule has 6 N–H and O–H groups in total. The normalized spacial score (nSPS) is 15.9. The zero-order valence-electron chi connectivity index (χ0n) is 70.7. The number of rotatable bonds is 27. The number of aromatic nitrogens is 2. The van der Waals surface area contributed by atoms with E-state index in [1.165, 1.54) is 64.8 Å². The summed E-state index contributed by atoms with van der Waals surface area (Å²) in [5.41, 5.74) is 12.7. The van der Waals surface area contributed by atoms with Crippen LogP contribution in [-0.2, 0) is 26.5 Å². The molecule has 0 radical (unpaired) electrons. The number of H-pyrrole nitrogens is 2. The maximum absolute atomic E-state index is 14.0. The molecule has 3 aliphatic heterocycles. The second-order valence-electron chi connectivity index (χ2n) is 33.9. The zero-order chi connectivity index (χ0) is 88.9. The molecule has 17 rings (SSSR count). The number of sulfonamides is 2. The molecule has 5 heterocycles. The molecular formula is C96H96Cl2N12O15S2. The SMILES string of the molecule is CC1(C)CCC(CN2CCN(c3ccc(C(=O)NS(=O)(=O)c4ccc(NCCc5ccc6c(c5)OCO6)c([N+](=O)[O-])c4)c(Oc4ccc5[nH]ccc5c4)c3)CC2)=C(c2ccc(Cl)cc2)C1.COc1ccc(Nc2ccc(S(=O)(=O)NC(=O)c3ccc(N4CCN(CC5=C(c6ccc(Cl)cc6)CC(C)(C)CC5)CC4)cc3Oc3ccc4[nH]ccc4c3)cc2[N+](=O)[O-])cc1. The Kier molecular flexibility index (Phi) is 25.7. The van der Waals surface area contributed by atoms with Crippen molar-refractivity contribution >= 4 is 128 Å². The summed E-state index contributed by atoms with van der Waals surface area (Å²) < 4.78 is 87.9. The fourth-order valence-electron chi connectivity index (χ4n) is 16.9. The number of carbonyl (C=O) groups excluding carboxylic acids is 2. The number of hydrogen-bond acceptors (Lipinski definition) is 21. The Morgan fingerprint density at radius 3 is 1.43 bits per heavy atom. The minimum atomic E-state index is -4.59. The number of allylic oxidation sites excluding steroid dienone is 2. The lowest BCUT2D eigenvalue weighted by Crippen LogP contribution is -2.47. The summed E-state index contributed by atoms with van der Waals surface area (Å²) in [4.78, 5) is 65.7. The smallest absolute Gasteiger partial charge is 0.294 e. The lowest BCUT2D eigenvalue weighted by Gasteiger charge is -2.39. The monoisotopic (exact) mass is 1790 g/mol. The molecule has 0 bridgehead atoms. The van der Waals surface area contributed by atoms with Crippen molar-refractivity contribution in [3.05, 3.63) is 294 Å². The number of hydrogen-bond donors (Lipinski definition) is 6. The molecule has 2 aromatic heterocycles. The fourth-order valence-corrected chi connectivity index (χ4v) is 19.1. The Morgan fingerprint density at radius 1 is 0.504 bits per heavy atom. The first-order valence-corrected chi connectivity index (χ1v) is 45.6. The van der Waals surface area contributed by atoms with Crippen LogP contribution in [0.1, 0.15) is 104 Å². The van der Waals surface area contributed by atoms with Crippen LogP contribution in [-0.4, -0.2) is 144 Å². The van der Waals surface area contributed by atoms with Crippen LogP contribution in [0.15, 0.2) is 246 Å². The Hall–Kier alpha value is -12.9. The summed E-state index contributed by atoms with van der Waals surface area (Å²) in [5, 5.41) is 33.5. The van der Waals surface area contributed by atoms with E-state index in [2.05, 4.69) is 102 Å². The van der Waals surface area contributed by atoms with E-state index in [-0.39, 0.29) is 51.6 Å². The van der Waals surface area contributed by atoms with Gasteiger partial charge in [-0.25, -0.2) is 26.3 Å². The summed E-state index contributed by atoms with van der Waals surface area (Å²) in [6.07, 6.45) is 10.5. The topological polar surface area (TPSA) is 328 Å². The van der Waals surface area contributed by atoms with Gasteiger partial charge in [0.05, 0.1) is 37.9 Å². The van der Waals surface area contributed by atoms with E-state index >= 15 is 0 Å². The summed E-state index contributed by atoms with van der Waals surface area (Å²) in [6.45, 7) is 17.8. The first-order chi connectivity index (χ1) is 61.0. The highest BCUT2D eigenvalue weighted by atomic mass is 35.5. The zero-order valence-corrected chi connectivity index (χ0v) is 73.8. The van der Waals surface area contributed by atoms with Crippen molar-refractivity contribution < 1.29 is 60.0 Å². The van der Waals surface area contributed by atoms with E-state index < -0.39 is 62.9 Å². The van der Waals surface area contributed by atoms with Gasteiger partial charge in [0.1, 0.15) is 40.1 Å². The average Bonchev–Trinajstić information content (AvgIpc) is 1.69. The molecule has 12 aromatic rings. The number of nitro groups is 2. The molecule has 5 aliphatic rings. The lowest BCUT2D eigenvalue weighted by molar-refractivity contribution is -0.384. The van der Waals surface area contributed by atoms with Crippen LogP contribution in [0.25, 0.3) is 33.0 Å². The lowest BCUT2D eigenvalue weighted by atomic mass is 9.72. The van der Waals surface area contributed by atoms with Gasteiger partial charge in [-0.05, 0) is 241 Å². The average molecular weight is 1790 g/mol. The number of aromatic amines is 2. The van der Waals surface area contributed by atoms with Crippen molar-refractivity contribution in [1.82, 2.24) is 29.2 Å². The molecule has 0 atom stereocenters. The number of fused-ring (bicyclic) bond motifs is 3. The van der Waals surface area contributed by atoms with Crippen LogP contribution in [0.2, 0.25) is 10.0 Å². The molecule has 0 unspecified atom stereocenters. The molecular weight excluding hydrogens is 1700 g/mol. The van der Waals surface area contributed by atoms with Crippen molar-refractivity contribution in [2.24, 2.45) is 10.8 Å². The van der Waals surface area contributed by atoms with Gasteiger partial charge in [0.15, 0.2) is 11.5 Å². The van der Waals surface area contributed by atoms with E-state index in [0.29, 0.717) is 47.4 Å². The van der Waals surface area contributed by atoms with Crippen LogP contribution in [0.4, 0.5) is 39.8 Å². The molecule has 10 aromatic carbocycles. The highest BCUT2D eigenvalue weighted by Crippen LogP contribution is 2.47. The maximum Gasteiger partial charge on any atom is 0.294 e. The molecule has 0 spiro atoms. The van der Waals surface area contributed by atoms with E-state index in [4.69, 9.17) is 46.9 Å². The number of anilines is 5. The molecule has 656 valence electrons. The van der Waals surface area contributed by atoms with Crippen molar-refractivity contribution in [3.63, 3.8) is 0 Å². The van der Waals surface area contributed by atoms with Crippen molar-refractivity contribution in [2.45, 2.75) is 82.4 Å². The Labute approximate surface area is 746 Å². The Balaban J connectivity index is 0.000000187. The second kappa shape index (κ2) is 37.3. The molecule has 31 heteroatoms. The maximum atomic E-state index is 14.0. The Bertz CT molecular complexity index is 6480. The highest BCUT2D eigenvalue weighted by Gasteiger charge is 2.35. The summed E-state index contributed by atoms with van der Waals surface area (Å²) in [6, 6.07) is 60.4. The van der Waals surface area contributed by atoms with E-state index in [9.17, 15) is 46.7 Å². The van der Waals surface area contributed by atoms with Crippen LogP contribution in [0.3, 0.4) is 0 Å². The highest BCUT2D eigenvalue weighted by molar-refractivity contribution is 7.90. The molecule has 27 nitrogen and oxygen atoms in total. The van der Waals surface area contributed by atoms with Crippen molar-refractivity contribution in [3.8, 4) is 40.2 Å². The molecule has 0 saturated carbocycles. The van der Waals surface area contributed by atoms with Gasteiger partial charge in [-0.2, -0.15) is 0 Å². The number of halogens is 2. The molecule has 2 amide bonds. The van der Waals surface area contributed by atoms with Crippen molar-refractivity contribution in [2.75, 3.05) is 106 Å². The summed E-state index contributed by atoms with van der Waals surface area (Å²) >= 11 is 12.5. The first-order valence-electron chi connectivity index (χ1n) is 41.9. The van der Waals surface area contributed by atoms with Crippen molar-refractivity contribution in [1.29, 1.82) is 0 Å². The van der Waals surface area contributed by atoms with Gasteiger partial charge >= 0.3 is 0 Å². The van der Waals surface area contributed by atoms with Gasteiger partial charge in [0.25, 0.3) is 43.2 Å². The van der Waals surface area contributed by atoms with Crippen LogP contribution < -0.4 is 53.6 Å². The first kappa shape index (κ1) is 87.6. The number of ether oxygens (including phenoxy) is 5. The third-order valence-corrected chi connectivity index (χ3v) is 27.1. The number of piperazine rings is 2. The number of nitrogens with one attached hydrogen (secondary N) is 6. The minimum absolute atomic E-state index is 0.0247. The molecule has 2 aliphatic carbocycles. The number of carbonyl (C=O) groups is 2. The summed E-state index contributed by atoms with van der Waals surface area (Å²) in [5.74, 6) is 1.19. The molecule has 127 heavy (non-hydrogen) atoms. The molecule has 2 fully saturated rings. The third kappa shape index (κ3) is 21.0. The van der Waals surface area contributed by atoms with Crippen LogP contribution in [0.5, 0.6) is 40.2 Å². The fraction of sp³-hybridized carbons (Fsp3) is 0.271. The number of nitrogens with zero attached hydrogens (tertiary/aromatic N) is 6. The van der Waals surface area contributed by atoms with Gasteiger partial charge in [0, 0.05) is 158 Å². The van der Waals surface area contributed by atoms with Gasteiger partial charge < -0.3 is 54.1 Å². The standard InChI is InChI=1S/C49H49ClN6O8S.C47H47ClN6O7S/c1-49(2)18-15-35(41(29-49)33-4-6-36(50)7-5-33)30-54-21-23-55(24-22-54)37-8-11-40(46(27-37)64-38-9-12-42-34(26-38)17-20-51-42)48(57)53-65(60,61)39-10-13-43(44(28-39)56(58)59)52-19-16-32-3-14-45-47(25-32)63-31-62-45;1-47(2)20-18-33(41(29-47)31-4-6-34(48)7-5-31)30-52-22-24-53(25-23-52)36-10-15-40(45(27-36)61-38-13-16-42-32(26-38)19-21-49-42)46(55)51-62(58,59)39-14-17-43(44(28-39)54(56)57)50-35-8-11-37(60-3)12-9-35/h3-14,17,20,25-28,51-52H,15-16,18-19,21-24,29-31H2,1-2H3,(H,53,57);4-17,19,21,26-28,49-50H,18,20,22-25,29-30H2,1-3H3,(H,51,55). The number of nitro benzene ring substituents is 2. The van der Waals surface area contributed by atoms with Gasteiger partial charge in [-0.1, -0.05) is 92.4 Å². The predicted molar refractivity (Wildman–Crippen MR) is 495 cm³/mol. The quantitative estimate of drug-likeness (QED) is 0.0206. The van der Waals surface area contributed by atoms with Crippen LogP contribution >= 0.6 is 23.2 Å².